The molecule has 0 fully saturated rings. The highest BCUT2D eigenvalue weighted by Gasteiger charge is 2.12. The summed E-state index contributed by atoms with van der Waals surface area (Å²) >= 11 is 0. The summed E-state index contributed by atoms with van der Waals surface area (Å²) in [5, 5.41) is 22.3. The Labute approximate surface area is 120 Å². The fraction of sp³-hybridized carbons (Fsp3) is 0. The SMILES string of the molecule is O=S(=O)(NN=Cc1cccc(O)c1O)c1ccc(F)cc1. The Morgan fingerprint density at radius 2 is 1.76 bits per heavy atom. The van der Waals surface area contributed by atoms with Crippen molar-refractivity contribution in [3.05, 3.63) is 53.8 Å². The van der Waals surface area contributed by atoms with Crippen LogP contribution < -0.4 is 4.83 Å². The maximum Gasteiger partial charge on any atom is 0.276 e. The van der Waals surface area contributed by atoms with E-state index in [1.54, 1.807) is 0 Å². The highest BCUT2D eigenvalue weighted by atomic mass is 32.2. The molecule has 0 aliphatic carbocycles. The first-order valence-corrected chi connectivity index (χ1v) is 7.20. The third kappa shape index (κ3) is 3.48. The minimum Gasteiger partial charge on any atom is -0.504 e. The maximum atomic E-state index is 12.7. The molecule has 0 atom stereocenters. The van der Waals surface area contributed by atoms with Crippen molar-refractivity contribution in [2.75, 3.05) is 0 Å². The van der Waals surface area contributed by atoms with Gasteiger partial charge in [0.1, 0.15) is 5.82 Å². The molecule has 2 rings (SSSR count). The molecule has 3 N–H and O–H groups in total. The van der Waals surface area contributed by atoms with Gasteiger partial charge >= 0.3 is 0 Å². The van der Waals surface area contributed by atoms with Crippen LogP contribution in [0.1, 0.15) is 5.56 Å². The van der Waals surface area contributed by atoms with Crippen molar-refractivity contribution >= 4 is 16.2 Å². The van der Waals surface area contributed by atoms with Crippen molar-refractivity contribution in [1.82, 2.24) is 4.83 Å². The number of nitrogens with one attached hydrogen (secondary N) is 1. The zero-order chi connectivity index (χ0) is 15.5. The van der Waals surface area contributed by atoms with Gasteiger partial charge in [0.15, 0.2) is 11.5 Å². The van der Waals surface area contributed by atoms with E-state index in [-0.39, 0.29) is 16.2 Å². The van der Waals surface area contributed by atoms with Gasteiger partial charge in [-0.25, -0.2) is 9.22 Å². The smallest absolute Gasteiger partial charge is 0.276 e. The van der Waals surface area contributed by atoms with Crippen LogP contribution in [0.25, 0.3) is 0 Å². The first kappa shape index (κ1) is 14.8. The summed E-state index contributed by atoms with van der Waals surface area (Å²) in [7, 11) is -3.93. The molecule has 0 bridgehead atoms. The largest absolute Gasteiger partial charge is 0.504 e. The van der Waals surface area contributed by atoms with Gasteiger partial charge in [-0.2, -0.15) is 13.5 Å². The average Bonchev–Trinajstić information content (AvgIpc) is 2.44. The monoisotopic (exact) mass is 310 g/mol. The summed E-state index contributed by atoms with van der Waals surface area (Å²) in [6, 6.07) is 8.39. The number of para-hydroxylation sites is 1. The maximum absolute atomic E-state index is 12.7. The molecule has 0 aliphatic rings. The van der Waals surface area contributed by atoms with Crippen molar-refractivity contribution in [3.8, 4) is 11.5 Å². The first-order valence-electron chi connectivity index (χ1n) is 5.71. The van der Waals surface area contributed by atoms with Crippen molar-refractivity contribution in [2.24, 2.45) is 5.10 Å². The highest BCUT2D eigenvalue weighted by molar-refractivity contribution is 7.89. The Morgan fingerprint density at radius 1 is 1.10 bits per heavy atom. The number of sulfonamides is 1. The molecular formula is C13H11FN2O4S. The second kappa shape index (κ2) is 5.80. The van der Waals surface area contributed by atoms with Crippen LogP contribution in [0.5, 0.6) is 11.5 Å². The van der Waals surface area contributed by atoms with Crippen LogP contribution in [-0.4, -0.2) is 24.8 Å². The van der Waals surface area contributed by atoms with Gasteiger partial charge in [0, 0.05) is 5.56 Å². The average molecular weight is 310 g/mol. The third-order valence-corrected chi connectivity index (χ3v) is 3.78. The number of halogens is 1. The zero-order valence-corrected chi connectivity index (χ0v) is 11.4. The van der Waals surface area contributed by atoms with Crippen LogP contribution in [-0.2, 0) is 10.0 Å². The fourth-order valence-electron chi connectivity index (χ4n) is 1.48. The van der Waals surface area contributed by atoms with Gasteiger partial charge in [-0.05, 0) is 36.4 Å². The molecule has 0 unspecified atom stereocenters. The highest BCUT2D eigenvalue weighted by Crippen LogP contribution is 2.26. The minimum atomic E-state index is -3.93. The summed E-state index contributed by atoms with van der Waals surface area (Å²) in [6.45, 7) is 0. The van der Waals surface area contributed by atoms with E-state index in [9.17, 15) is 23.0 Å². The Balaban J connectivity index is 2.16. The van der Waals surface area contributed by atoms with E-state index in [1.807, 2.05) is 4.83 Å². The predicted octanol–water partition coefficient (Wildman–Crippen LogP) is 1.55. The van der Waals surface area contributed by atoms with E-state index in [1.165, 1.54) is 18.2 Å². The lowest BCUT2D eigenvalue weighted by atomic mass is 10.2. The number of hydrogen-bond donors (Lipinski definition) is 3. The van der Waals surface area contributed by atoms with Crippen LogP contribution >= 0.6 is 0 Å². The lowest BCUT2D eigenvalue weighted by Crippen LogP contribution is -2.18. The van der Waals surface area contributed by atoms with E-state index in [2.05, 4.69) is 5.10 Å². The molecule has 0 aliphatic heterocycles. The Kier molecular flexibility index (Phi) is 4.08. The van der Waals surface area contributed by atoms with Crippen molar-refractivity contribution in [2.45, 2.75) is 4.90 Å². The van der Waals surface area contributed by atoms with Gasteiger partial charge in [-0.15, -0.1) is 0 Å². The number of hydrazone groups is 1. The zero-order valence-electron chi connectivity index (χ0n) is 10.6. The van der Waals surface area contributed by atoms with Crippen LogP contribution in [0.4, 0.5) is 4.39 Å². The normalized spacial score (nSPS) is 11.7. The van der Waals surface area contributed by atoms with Gasteiger partial charge < -0.3 is 10.2 Å². The summed E-state index contributed by atoms with van der Waals surface area (Å²) in [5.41, 5.74) is 0.136. The molecule has 2 aromatic rings. The van der Waals surface area contributed by atoms with Gasteiger partial charge in [0.25, 0.3) is 10.0 Å². The summed E-state index contributed by atoms with van der Waals surface area (Å²) in [4.78, 5) is 1.76. The molecule has 8 heteroatoms. The van der Waals surface area contributed by atoms with Crippen molar-refractivity contribution in [3.63, 3.8) is 0 Å². The molecular weight excluding hydrogens is 299 g/mol. The molecule has 21 heavy (non-hydrogen) atoms. The summed E-state index contributed by atoms with van der Waals surface area (Å²) in [6.07, 6.45) is 1.04. The van der Waals surface area contributed by atoms with E-state index >= 15 is 0 Å². The Hall–Kier alpha value is -2.61. The Bertz CT molecular complexity index is 773. The standard InChI is InChI=1S/C13H11FN2O4S/c14-10-4-6-11(7-5-10)21(19,20)16-15-8-9-2-1-3-12(17)13(9)18/h1-8,16-18H. The number of benzene rings is 2. The molecule has 0 amide bonds. The number of phenolic OH excluding ortho intramolecular Hbond substituents is 2. The predicted molar refractivity (Wildman–Crippen MR) is 74.1 cm³/mol. The second-order valence-corrected chi connectivity index (χ2v) is 5.68. The van der Waals surface area contributed by atoms with E-state index in [4.69, 9.17) is 0 Å². The Morgan fingerprint density at radius 3 is 2.43 bits per heavy atom. The fourth-order valence-corrected chi connectivity index (χ4v) is 2.28. The van der Waals surface area contributed by atoms with Crippen LogP contribution in [0.2, 0.25) is 0 Å². The molecule has 0 saturated carbocycles. The topological polar surface area (TPSA) is 99.0 Å². The molecule has 6 nitrogen and oxygen atoms in total. The molecule has 2 aromatic carbocycles. The molecule has 0 heterocycles. The lowest BCUT2D eigenvalue weighted by molar-refractivity contribution is 0.403. The van der Waals surface area contributed by atoms with Gasteiger partial charge in [0.2, 0.25) is 0 Å². The number of hydrogen-bond acceptors (Lipinski definition) is 5. The van der Waals surface area contributed by atoms with Crippen molar-refractivity contribution in [1.29, 1.82) is 0 Å². The number of rotatable bonds is 4. The third-order valence-electron chi connectivity index (χ3n) is 2.55. The molecule has 110 valence electrons. The number of phenols is 2. The molecule has 0 aromatic heterocycles. The van der Waals surface area contributed by atoms with Crippen LogP contribution in [0.15, 0.2) is 52.5 Å². The quantitative estimate of drug-likeness (QED) is 0.453. The molecule has 0 spiro atoms. The van der Waals surface area contributed by atoms with E-state index in [0.29, 0.717) is 0 Å². The van der Waals surface area contributed by atoms with Crippen molar-refractivity contribution < 1.29 is 23.0 Å². The molecule has 0 saturated heterocycles. The van der Waals surface area contributed by atoms with Gasteiger partial charge in [-0.1, -0.05) is 6.07 Å². The van der Waals surface area contributed by atoms with E-state index < -0.39 is 21.6 Å². The van der Waals surface area contributed by atoms with Gasteiger partial charge in [-0.3, -0.25) is 0 Å². The minimum absolute atomic E-state index is 0.136. The number of nitrogens with zero attached hydrogens (tertiary/aromatic N) is 1. The molecule has 0 radical (unpaired) electrons. The summed E-state index contributed by atoms with van der Waals surface area (Å²) < 4.78 is 36.4. The van der Waals surface area contributed by atoms with E-state index in [0.717, 1.165) is 30.5 Å². The first-order chi connectivity index (χ1) is 9.90. The number of aromatic hydroxyl groups is 2. The summed E-state index contributed by atoms with van der Waals surface area (Å²) in [5.74, 6) is -1.32. The lowest BCUT2D eigenvalue weighted by Gasteiger charge is -2.03. The van der Waals surface area contributed by atoms with Crippen LogP contribution in [0, 0.1) is 5.82 Å². The second-order valence-electron chi connectivity index (χ2n) is 4.02. The van der Waals surface area contributed by atoms with Crippen LogP contribution in [0.3, 0.4) is 0 Å². The van der Waals surface area contributed by atoms with Gasteiger partial charge in [0.05, 0.1) is 11.1 Å².